The van der Waals surface area contributed by atoms with Gasteiger partial charge in [0, 0.05) is 98.1 Å². The Hall–Kier alpha value is -4.26. The van der Waals surface area contributed by atoms with Crippen LogP contribution in [0.1, 0.15) is 144 Å². The first-order chi connectivity index (χ1) is 40.3. The Morgan fingerprint density at radius 3 is 0.839 bits per heavy atom. The van der Waals surface area contributed by atoms with Crippen molar-refractivity contribution in [3.05, 3.63) is 294 Å². The largest absolute Gasteiger partial charge is 0.490 e. The smallest absolute Gasteiger partial charge is 0.400 e. The van der Waals surface area contributed by atoms with Crippen LogP contribution in [0.3, 0.4) is 0 Å². The van der Waals surface area contributed by atoms with Crippen LogP contribution in [-0.4, -0.2) is 36.6 Å². The van der Waals surface area contributed by atoms with E-state index in [-0.39, 0.29) is 135 Å². The molecule has 0 atom stereocenters. The minimum Gasteiger partial charge on any atom is -0.400 e. The van der Waals surface area contributed by atoms with Gasteiger partial charge in [0.2, 0.25) is 0 Å². The van der Waals surface area contributed by atoms with Gasteiger partial charge in [0.05, 0.1) is 22.4 Å². The van der Waals surface area contributed by atoms with Crippen LogP contribution in [0.2, 0.25) is 0 Å². The van der Waals surface area contributed by atoms with Crippen molar-refractivity contribution in [1.29, 1.82) is 0 Å². The molecule has 2 fully saturated rings. The minimum absolute atomic E-state index is 0. The van der Waals surface area contributed by atoms with Gasteiger partial charge in [-0.1, -0.05) is 189 Å². The van der Waals surface area contributed by atoms with Gasteiger partial charge in [-0.05, 0) is 154 Å². The molecule has 431 valence electrons. The standard InChI is InChI=1S/C24H17.C16H13.2C15H19BO2.C8H9.3Y/c1-2-7-18-14-23(13-17(18)6-1)21-10-5-11-22(12-21)24-15-19-8-3-4-9-20(19)16-24;1-12-5-4-8-13(9-12)16-10-14-6-2-3-7-15(14)11-16;2*1-14(2)15(3,4)18-16(17-14)13-9-11-7-5-6-8-12(11)10-13;1-7-4-3-5-8(2)6-7;;;/h1-4,6-13,15H,14,16H2;2-3,5-10H,11H2,1H3;2*5-9H,10H2,1-4H3;4-6H,1-2H3;;;/q2*-1;;;-1;;;. The molecular weight excluding hydrogens is 1290 g/mol. The molecule has 8 aromatic rings. The van der Waals surface area contributed by atoms with Crippen LogP contribution in [0.15, 0.2) is 187 Å². The average Bonchev–Trinajstić information content (AvgIpc) is 1.82. The van der Waals surface area contributed by atoms with E-state index in [4.69, 9.17) is 18.6 Å². The molecule has 0 bridgehead atoms. The molecule has 0 aromatic heterocycles. The zero-order valence-electron chi connectivity index (χ0n) is 52.7. The Morgan fingerprint density at radius 2 is 0.563 bits per heavy atom. The van der Waals surface area contributed by atoms with E-state index in [1.807, 2.05) is 18.2 Å². The molecule has 0 spiro atoms. The van der Waals surface area contributed by atoms with Gasteiger partial charge < -0.3 is 18.6 Å². The van der Waals surface area contributed by atoms with E-state index in [9.17, 15) is 0 Å². The fourth-order valence-electron chi connectivity index (χ4n) is 11.7. The van der Waals surface area contributed by atoms with Gasteiger partial charge in [0.25, 0.3) is 0 Å². The second-order valence-corrected chi connectivity index (χ2v) is 25.4. The van der Waals surface area contributed by atoms with E-state index in [0.29, 0.717) is 0 Å². The molecule has 2 aliphatic heterocycles. The van der Waals surface area contributed by atoms with E-state index < -0.39 is 0 Å². The monoisotopic (exact) mass is 1370 g/mol. The van der Waals surface area contributed by atoms with Crippen LogP contribution < -0.4 is 0 Å². The second kappa shape index (κ2) is 29.4. The Labute approximate surface area is 596 Å². The maximum Gasteiger partial charge on any atom is 0.490 e. The molecule has 2 heterocycles. The van der Waals surface area contributed by atoms with Crippen molar-refractivity contribution < 1.29 is 117 Å². The summed E-state index contributed by atoms with van der Waals surface area (Å²) in [6.07, 6.45) is 16.3. The van der Waals surface area contributed by atoms with Crippen molar-refractivity contribution in [2.24, 2.45) is 0 Å². The van der Waals surface area contributed by atoms with Crippen LogP contribution in [-0.2, 0) is 149 Å². The maximum absolute atomic E-state index is 6.09. The predicted molar refractivity (Wildman–Crippen MR) is 353 cm³/mol. The van der Waals surface area contributed by atoms with Crippen molar-refractivity contribution in [3.8, 4) is 0 Å². The fraction of sp³-hybridized carbons (Fsp3) is 0.256. The number of hydrogen-bond acceptors (Lipinski definition) is 4. The summed E-state index contributed by atoms with van der Waals surface area (Å²) in [6, 6.07) is 71.4. The molecule has 0 saturated carbocycles. The minimum atomic E-state index is -0.257. The molecule has 2 saturated heterocycles. The van der Waals surface area contributed by atoms with Crippen molar-refractivity contribution in [3.63, 3.8) is 0 Å². The van der Waals surface area contributed by atoms with Gasteiger partial charge >= 0.3 is 14.2 Å². The van der Waals surface area contributed by atoms with Gasteiger partial charge in [0.15, 0.2) is 0 Å². The van der Waals surface area contributed by atoms with Gasteiger partial charge in [-0.2, -0.15) is 89.5 Å². The number of rotatable bonds is 5. The molecule has 4 nitrogen and oxygen atoms in total. The Kier molecular flexibility index (Phi) is 23.2. The molecule has 9 heteroatoms. The van der Waals surface area contributed by atoms with E-state index in [1.54, 1.807) is 0 Å². The Morgan fingerprint density at radius 1 is 0.310 bits per heavy atom. The van der Waals surface area contributed by atoms with Gasteiger partial charge in [-0.3, -0.25) is 0 Å². The van der Waals surface area contributed by atoms with E-state index in [1.165, 1.54) is 117 Å². The zero-order chi connectivity index (χ0) is 58.8. The third kappa shape index (κ3) is 16.3. The number of allylic oxidation sites excluding steroid dienone is 5. The van der Waals surface area contributed by atoms with Gasteiger partial charge in [0.1, 0.15) is 0 Å². The molecule has 0 amide bonds. The Balaban J connectivity index is 0.000000144. The average molecular weight is 1370 g/mol. The molecule has 0 unspecified atom stereocenters. The van der Waals surface area contributed by atoms with Crippen LogP contribution in [0.4, 0.5) is 0 Å². The maximum atomic E-state index is 6.09. The Bertz CT molecular complexity index is 3700. The summed E-state index contributed by atoms with van der Waals surface area (Å²) in [6.45, 7) is 23.0. The summed E-state index contributed by atoms with van der Waals surface area (Å²) in [7, 11) is -0.412. The SMILES string of the molecule is CC1(C)OB(C2=Cc3ccccc3C2)OC1(C)C.CC1(C)OB(C2=Cc3ccccc3C2)OC1(C)C.Cc1c[c-]cc(C)c1.Cc1c[c-]cc(C2=Cc3ccccc3C2)c1.[Y].[Y].[Y].[c-]1cc(C2=Cc3ccccc3C2)cc(C2=Cc3ccccc3C2)c1. The molecule has 15 rings (SSSR count). The van der Waals surface area contributed by atoms with Crippen LogP contribution >= 0.6 is 0 Å². The van der Waals surface area contributed by atoms with Gasteiger partial charge in [-0.25, -0.2) is 0 Å². The summed E-state index contributed by atoms with van der Waals surface area (Å²) < 4.78 is 24.4. The van der Waals surface area contributed by atoms with E-state index >= 15 is 0 Å². The third-order valence-corrected chi connectivity index (χ3v) is 17.9. The van der Waals surface area contributed by atoms with Crippen LogP contribution in [0.5, 0.6) is 0 Å². The summed E-state index contributed by atoms with van der Waals surface area (Å²) in [5.74, 6) is 0. The number of fused-ring (bicyclic) bond motifs is 5. The van der Waals surface area contributed by atoms with Crippen LogP contribution in [0.25, 0.3) is 47.1 Å². The molecular formula is C78H77B2O4Y3-3. The summed E-state index contributed by atoms with van der Waals surface area (Å²) in [5.41, 5.74) is 27.0. The molecule has 3 radical (unpaired) electrons. The molecule has 8 aromatic carbocycles. The van der Waals surface area contributed by atoms with E-state index in [2.05, 4.69) is 282 Å². The van der Waals surface area contributed by atoms with Crippen molar-refractivity contribution in [2.45, 2.75) is 131 Å². The third-order valence-electron chi connectivity index (χ3n) is 17.9. The molecule has 5 aliphatic carbocycles. The van der Waals surface area contributed by atoms with E-state index in [0.717, 1.165) is 32.1 Å². The molecule has 7 aliphatic rings. The first kappa shape index (κ1) is 68.6. The topological polar surface area (TPSA) is 36.9 Å². The van der Waals surface area contributed by atoms with Crippen LogP contribution in [0, 0.1) is 39.0 Å². The molecule has 87 heavy (non-hydrogen) atoms. The quantitative estimate of drug-likeness (QED) is 0.127. The first-order valence-electron chi connectivity index (χ1n) is 29.8. The number of benzene rings is 8. The molecule has 0 N–H and O–H groups in total. The first-order valence-corrected chi connectivity index (χ1v) is 29.8. The number of hydrogen-bond donors (Lipinski definition) is 0. The summed E-state index contributed by atoms with van der Waals surface area (Å²) in [4.78, 5) is 0. The summed E-state index contributed by atoms with van der Waals surface area (Å²) in [5, 5.41) is 0. The van der Waals surface area contributed by atoms with Crippen molar-refractivity contribution in [2.75, 3.05) is 0 Å². The second-order valence-electron chi connectivity index (χ2n) is 25.4. The predicted octanol–water partition coefficient (Wildman–Crippen LogP) is 18.2. The fourth-order valence-corrected chi connectivity index (χ4v) is 11.7. The normalized spacial score (nSPS) is 17.3. The van der Waals surface area contributed by atoms with Crippen molar-refractivity contribution in [1.82, 2.24) is 0 Å². The number of aryl methyl sites for hydroxylation is 3. The van der Waals surface area contributed by atoms with Gasteiger partial charge in [-0.15, -0.1) is 16.7 Å². The van der Waals surface area contributed by atoms with Crippen molar-refractivity contribution >= 4 is 61.3 Å². The zero-order valence-corrected chi connectivity index (χ0v) is 61.2. The summed E-state index contributed by atoms with van der Waals surface area (Å²) >= 11 is 0.